The molecule has 1 aliphatic rings. The van der Waals surface area contributed by atoms with Gasteiger partial charge in [0.25, 0.3) is 0 Å². The van der Waals surface area contributed by atoms with Crippen LogP contribution in [0.15, 0.2) is 17.4 Å². The SMILES string of the molecule is NC(=NCCc1ncc[nH]1)NC1CCCC1. The lowest BCUT2D eigenvalue weighted by molar-refractivity contribution is 0.625. The maximum atomic E-state index is 5.80. The molecule has 1 aromatic heterocycles. The maximum absolute atomic E-state index is 5.80. The van der Waals surface area contributed by atoms with E-state index >= 15 is 0 Å². The number of hydrogen-bond donors (Lipinski definition) is 3. The number of aromatic nitrogens is 2. The summed E-state index contributed by atoms with van der Waals surface area (Å²) >= 11 is 0. The standard InChI is InChI=1S/C11H19N5/c12-11(16-9-3-1-2-4-9)15-6-5-10-13-7-8-14-10/h7-9H,1-6H2,(H,13,14)(H3,12,15,16). The van der Waals surface area contributed by atoms with E-state index in [1.54, 1.807) is 6.20 Å². The van der Waals surface area contributed by atoms with Crippen molar-refractivity contribution in [3.63, 3.8) is 0 Å². The van der Waals surface area contributed by atoms with Crippen LogP contribution in [0.1, 0.15) is 31.5 Å². The third-order valence-corrected chi connectivity index (χ3v) is 2.89. The summed E-state index contributed by atoms with van der Waals surface area (Å²) in [5, 5.41) is 3.26. The molecule has 1 aromatic rings. The first-order valence-corrected chi connectivity index (χ1v) is 5.89. The van der Waals surface area contributed by atoms with Crippen molar-refractivity contribution in [1.29, 1.82) is 0 Å². The van der Waals surface area contributed by atoms with Gasteiger partial charge in [0.1, 0.15) is 5.82 Å². The summed E-state index contributed by atoms with van der Waals surface area (Å²) in [6.45, 7) is 0.680. The number of aliphatic imine (C=N–C) groups is 1. The number of nitrogens with one attached hydrogen (secondary N) is 2. The van der Waals surface area contributed by atoms with Crippen molar-refractivity contribution in [2.24, 2.45) is 10.7 Å². The van der Waals surface area contributed by atoms with Crippen LogP contribution in [0.2, 0.25) is 0 Å². The molecule has 0 aromatic carbocycles. The molecule has 1 fully saturated rings. The average molecular weight is 221 g/mol. The molecule has 0 spiro atoms. The smallest absolute Gasteiger partial charge is 0.188 e. The molecule has 88 valence electrons. The van der Waals surface area contributed by atoms with Gasteiger partial charge in [-0.15, -0.1) is 0 Å². The van der Waals surface area contributed by atoms with Crippen LogP contribution in [0, 0.1) is 0 Å². The van der Waals surface area contributed by atoms with Gasteiger partial charge in [0, 0.05) is 31.4 Å². The molecule has 5 nitrogen and oxygen atoms in total. The quantitative estimate of drug-likeness (QED) is 0.519. The Morgan fingerprint density at radius 2 is 2.38 bits per heavy atom. The molecule has 16 heavy (non-hydrogen) atoms. The molecule has 0 saturated heterocycles. The fraction of sp³-hybridized carbons (Fsp3) is 0.636. The highest BCUT2D eigenvalue weighted by Gasteiger charge is 2.14. The third-order valence-electron chi connectivity index (χ3n) is 2.89. The molecule has 5 heteroatoms. The molecule has 1 heterocycles. The first kappa shape index (κ1) is 11.0. The van der Waals surface area contributed by atoms with E-state index in [0.717, 1.165) is 12.2 Å². The Balaban J connectivity index is 1.69. The van der Waals surface area contributed by atoms with E-state index in [4.69, 9.17) is 5.73 Å². The van der Waals surface area contributed by atoms with Crippen molar-refractivity contribution in [1.82, 2.24) is 15.3 Å². The summed E-state index contributed by atoms with van der Waals surface area (Å²) in [5.41, 5.74) is 5.80. The maximum Gasteiger partial charge on any atom is 0.188 e. The molecule has 4 N–H and O–H groups in total. The van der Waals surface area contributed by atoms with E-state index in [1.165, 1.54) is 25.7 Å². The fourth-order valence-corrected chi connectivity index (χ4v) is 2.04. The van der Waals surface area contributed by atoms with Crippen LogP contribution in [-0.4, -0.2) is 28.5 Å². The summed E-state index contributed by atoms with van der Waals surface area (Å²) in [6.07, 6.45) is 9.41. The van der Waals surface area contributed by atoms with E-state index in [2.05, 4.69) is 20.3 Å². The van der Waals surface area contributed by atoms with Crippen molar-refractivity contribution in [2.45, 2.75) is 38.1 Å². The summed E-state index contributed by atoms with van der Waals surface area (Å²) in [6, 6.07) is 0.535. The first-order valence-electron chi connectivity index (χ1n) is 5.89. The Morgan fingerprint density at radius 3 is 3.06 bits per heavy atom. The zero-order valence-electron chi connectivity index (χ0n) is 9.45. The molecule has 0 radical (unpaired) electrons. The van der Waals surface area contributed by atoms with Gasteiger partial charge in [-0.3, -0.25) is 4.99 Å². The second kappa shape index (κ2) is 5.53. The number of hydrogen-bond acceptors (Lipinski definition) is 2. The Hall–Kier alpha value is -1.52. The second-order valence-corrected chi connectivity index (χ2v) is 4.18. The zero-order chi connectivity index (χ0) is 11.2. The number of rotatable bonds is 4. The topological polar surface area (TPSA) is 79.1 Å². The minimum atomic E-state index is 0.535. The number of imidazole rings is 1. The average Bonchev–Trinajstić information content (AvgIpc) is 2.90. The van der Waals surface area contributed by atoms with Gasteiger partial charge in [-0.25, -0.2) is 4.98 Å². The zero-order valence-corrected chi connectivity index (χ0v) is 9.45. The monoisotopic (exact) mass is 221 g/mol. The van der Waals surface area contributed by atoms with Gasteiger partial charge in [-0.05, 0) is 12.8 Å². The molecule has 2 rings (SSSR count). The van der Waals surface area contributed by atoms with E-state index < -0.39 is 0 Å². The molecule has 0 aliphatic heterocycles. The van der Waals surface area contributed by atoms with Crippen LogP contribution >= 0.6 is 0 Å². The Kier molecular flexibility index (Phi) is 3.80. The van der Waals surface area contributed by atoms with Gasteiger partial charge >= 0.3 is 0 Å². The lowest BCUT2D eigenvalue weighted by Gasteiger charge is -2.11. The summed E-state index contributed by atoms with van der Waals surface area (Å²) in [7, 11) is 0. The molecule has 0 amide bonds. The molecular formula is C11H19N5. The van der Waals surface area contributed by atoms with E-state index in [-0.39, 0.29) is 0 Å². The number of guanidine groups is 1. The van der Waals surface area contributed by atoms with Gasteiger partial charge < -0.3 is 16.0 Å². The van der Waals surface area contributed by atoms with E-state index in [9.17, 15) is 0 Å². The number of nitrogens with two attached hydrogens (primary N) is 1. The van der Waals surface area contributed by atoms with Crippen LogP contribution in [0.25, 0.3) is 0 Å². The normalized spacial score (nSPS) is 17.9. The molecule has 0 unspecified atom stereocenters. The van der Waals surface area contributed by atoms with Crippen LogP contribution in [0.3, 0.4) is 0 Å². The Labute approximate surface area is 95.6 Å². The molecular weight excluding hydrogens is 202 g/mol. The van der Waals surface area contributed by atoms with Crippen molar-refractivity contribution >= 4 is 5.96 Å². The highest BCUT2D eigenvalue weighted by atomic mass is 15.1. The largest absolute Gasteiger partial charge is 0.370 e. The van der Waals surface area contributed by atoms with Gasteiger partial charge in [0.05, 0.1) is 0 Å². The molecule has 1 saturated carbocycles. The lowest BCUT2D eigenvalue weighted by Crippen LogP contribution is -2.38. The molecule has 0 atom stereocenters. The predicted molar refractivity (Wildman–Crippen MR) is 64.2 cm³/mol. The van der Waals surface area contributed by atoms with E-state index in [0.29, 0.717) is 18.5 Å². The number of H-pyrrole nitrogens is 1. The summed E-state index contributed by atoms with van der Waals surface area (Å²) in [4.78, 5) is 11.5. The van der Waals surface area contributed by atoms with Crippen molar-refractivity contribution in [3.8, 4) is 0 Å². The number of aromatic amines is 1. The minimum absolute atomic E-state index is 0.535. The Morgan fingerprint density at radius 1 is 1.56 bits per heavy atom. The fourth-order valence-electron chi connectivity index (χ4n) is 2.04. The van der Waals surface area contributed by atoms with Crippen molar-refractivity contribution in [2.75, 3.05) is 6.54 Å². The lowest BCUT2D eigenvalue weighted by atomic mass is 10.2. The Bertz CT molecular complexity index is 324. The van der Waals surface area contributed by atoms with Gasteiger partial charge in [0.2, 0.25) is 0 Å². The van der Waals surface area contributed by atoms with Crippen LogP contribution in [0.5, 0.6) is 0 Å². The first-order chi connectivity index (χ1) is 7.84. The van der Waals surface area contributed by atoms with E-state index in [1.807, 2.05) is 6.20 Å². The summed E-state index contributed by atoms with van der Waals surface area (Å²) < 4.78 is 0. The van der Waals surface area contributed by atoms with Gasteiger partial charge in [0.15, 0.2) is 5.96 Å². The predicted octanol–water partition coefficient (Wildman–Crippen LogP) is 0.799. The van der Waals surface area contributed by atoms with Gasteiger partial charge in [-0.1, -0.05) is 12.8 Å². The highest BCUT2D eigenvalue weighted by Crippen LogP contribution is 2.17. The molecule has 1 aliphatic carbocycles. The van der Waals surface area contributed by atoms with Crippen LogP contribution < -0.4 is 11.1 Å². The van der Waals surface area contributed by atoms with Crippen LogP contribution in [-0.2, 0) is 6.42 Å². The van der Waals surface area contributed by atoms with Crippen molar-refractivity contribution in [3.05, 3.63) is 18.2 Å². The summed E-state index contributed by atoms with van der Waals surface area (Å²) in [5.74, 6) is 1.52. The minimum Gasteiger partial charge on any atom is -0.370 e. The third kappa shape index (κ3) is 3.25. The highest BCUT2D eigenvalue weighted by molar-refractivity contribution is 5.78. The molecule has 0 bridgehead atoms. The number of nitrogens with zero attached hydrogens (tertiary/aromatic N) is 2. The van der Waals surface area contributed by atoms with Crippen LogP contribution in [0.4, 0.5) is 0 Å². The van der Waals surface area contributed by atoms with Gasteiger partial charge in [-0.2, -0.15) is 0 Å². The second-order valence-electron chi connectivity index (χ2n) is 4.18. The van der Waals surface area contributed by atoms with Crippen molar-refractivity contribution < 1.29 is 0 Å².